The third-order valence-corrected chi connectivity index (χ3v) is 2.63. The molecule has 1 aliphatic heterocycles. The molecule has 2 atom stereocenters. The molecule has 14 heavy (non-hydrogen) atoms. The van der Waals surface area contributed by atoms with Crippen LogP contribution in [0.25, 0.3) is 0 Å². The van der Waals surface area contributed by atoms with Crippen LogP contribution in [0, 0.1) is 5.82 Å². The third kappa shape index (κ3) is 1.94. The molecule has 2 unspecified atom stereocenters. The third-order valence-electron chi connectivity index (χ3n) is 2.63. The second-order valence-electron chi connectivity index (χ2n) is 3.70. The van der Waals surface area contributed by atoms with E-state index >= 15 is 0 Å². The van der Waals surface area contributed by atoms with Gasteiger partial charge in [0.2, 0.25) is 0 Å². The molecule has 0 aliphatic carbocycles. The topological polar surface area (TPSA) is 32.3 Å². The Morgan fingerprint density at radius 2 is 2.29 bits per heavy atom. The van der Waals surface area contributed by atoms with E-state index in [2.05, 4.69) is 5.32 Å². The molecule has 1 heterocycles. The van der Waals surface area contributed by atoms with Gasteiger partial charge < -0.3 is 10.4 Å². The van der Waals surface area contributed by atoms with E-state index in [1.54, 1.807) is 6.07 Å². The van der Waals surface area contributed by atoms with E-state index in [1.165, 1.54) is 12.1 Å². The first-order chi connectivity index (χ1) is 6.77. The van der Waals surface area contributed by atoms with Crippen molar-refractivity contribution in [2.75, 3.05) is 6.54 Å². The summed E-state index contributed by atoms with van der Waals surface area (Å²) in [5.74, 6) is -0.248. The lowest BCUT2D eigenvalue weighted by molar-refractivity contribution is 0.0964. The molecule has 0 saturated carbocycles. The van der Waals surface area contributed by atoms with Crippen LogP contribution in [0.15, 0.2) is 24.3 Å². The molecule has 1 aromatic carbocycles. The van der Waals surface area contributed by atoms with Crippen molar-refractivity contribution in [1.82, 2.24) is 5.32 Å². The number of hydrogen-bond donors (Lipinski definition) is 2. The maximum absolute atomic E-state index is 12.9. The fourth-order valence-corrected chi connectivity index (χ4v) is 1.91. The first-order valence-electron chi connectivity index (χ1n) is 4.94. The van der Waals surface area contributed by atoms with Gasteiger partial charge in [0.1, 0.15) is 5.82 Å². The molecule has 76 valence electrons. The summed E-state index contributed by atoms with van der Waals surface area (Å²) < 4.78 is 12.9. The standard InChI is InChI=1S/C11H14FNO/c12-9-4-1-3-8(7-9)11-10(14)5-2-6-13-11/h1,3-4,7,10-11,13-14H,2,5-6H2. The molecule has 1 fully saturated rings. The van der Waals surface area contributed by atoms with Gasteiger partial charge in [-0.05, 0) is 37.1 Å². The van der Waals surface area contributed by atoms with E-state index < -0.39 is 6.10 Å². The predicted molar refractivity (Wildman–Crippen MR) is 52.4 cm³/mol. The second-order valence-corrected chi connectivity index (χ2v) is 3.70. The maximum atomic E-state index is 12.9. The fraction of sp³-hybridized carbons (Fsp3) is 0.455. The quantitative estimate of drug-likeness (QED) is 0.713. The Labute approximate surface area is 82.8 Å². The van der Waals surface area contributed by atoms with Gasteiger partial charge in [-0.2, -0.15) is 0 Å². The molecule has 0 amide bonds. The summed E-state index contributed by atoms with van der Waals surface area (Å²) in [5.41, 5.74) is 0.831. The largest absolute Gasteiger partial charge is 0.391 e. The van der Waals surface area contributed by atoms with Gasteiger partial charge in [0.15, 0.2) is 0 Å². The molecule has 0 bridgehead atoms. The van der Waals surface area contributed by atoms with E-state index in [9.17, 15) is 9.50 Å². The molecule has 0 spiro atoms. The molecule has 2 nitrogen and oxygen atoms in total. The summed E-state index contributed by atoms with van der Waals surface area (Å²) in [4.78, 5) is 0. The summed E-state index contributed by atoms with van der Waals surface area (Å²) in [6.45, 7) is 0.887. The van der Waals surface area contributed by atoms with Crippen LogP contribution in [0.2, 0.25) is 0 Å². The Hall–Kier alpha value is -0.930. The highest BCUT2D eigenvalue weighted by atomic mass is 19.1. The molecule has 1 aliphatic rings. The van der Waals surface area contributed by atoms with E-state index in [0.717, 1.165) is 24.9 Å². The van der Waals surface area contributed by atoms with Gasteiger partial charge >= 0.3 is 0 Å². The summed E-state index contributed by atoms with van der Waals surface area (Å²) in [6, 6.07) is 6.30. The van der Waals surface area contributed by atoms with E-state index in [0.29, 0.717) is 0 Å². The molecule has 0 radical (unpaired) electrons. The van der Waals surface area contributed by atoms with Crippen LogP contribution in [0.5, 0.6) is 0 Å². The van der Waals surface area contributed by atoms with Crippen molar-refractivity contribution < 1.29 is 9.50 Å². The van der Waals surface area contributed by atoms with Gasteiger partial charge in [-0.15, -0.1) is 0 Å². The van der Waals surface area contributed by atoms with Gasteiger partial charge in [0.05, 0.1) is 12.1 Å². The van der Waals surface area contributed by atoms with Crippen molar-refractivity contribution in [2.24, 2.45) is 0 Å². The van der Waals surface area contributed by atoms with E-state index in [4.69, 9.17) is 0 Å². The molecule has 2 rings (SSSR count). The first-order valence-corrected chi connectivity index (χ1v) is 4.94. The monoisotopic (exact) mass is 195 g/mol. The molecular weight excluding hydrogens is 181 g/mol. The zero-order valence-electron chi connectivity index (χ0n) is 7.91. The number of aliphatic hydroxyl groups excluding tert-OH is 1. The number of nitrogens with one attached hydrogen (secondary N) is 1. The van der Waals surface area contributed by atoms with E-state index in [-0.39, 0.29) is 11.9 Å². The molecule has 0 aromatic heterocycles. The lowest BCUT2D eigenvalue weighted by atomic mass is 9.95. The molecular formula is C11H14FNO. The zero-order valence-corrected chi connectivity index (χ0v) is 7.91. The average Bonchev–Trinajstić information content (AvgIpc) is 2.18. The lowest BCUT2D eigenvalue weighted by Gasteiger charge is -2.29. The summed E-state index contributed by atoms with van der Waals surface area (Å²) >= 11 is 0. The maximum Gasteiger partial charge on any atom is 0.123 e. The van der Waals surface area contributed by atoms with Crippen LogP contribution in [-0.2, 0) is 0 Å². The average molecular weight is 195 g/mol. The van der Waals surface area contributed by atoms with Crippen molar-refractivity contribution in [3.63, 3.8) is 0 Å². The Morgan fingerprint density at radius 3 is 3.00 bits per heavy atom. The Balaban J connectivity index is 2.20. The SMILES string of the molecule is OC1CCCNC1c1cccc(F)c1. The van der Waals surface area contributed by atoms with Crippen LogP contribution in [0.1, 0.15) is 24.4 Å². The minimum absolute atomic E-state index is 0.112. The zero-order chi connectivity index (χ0) is 9.97. The number of benzene rings is 1. The number of rotatable bonds is 1. The van der Waals surface area contributed by atoms with Crippen molar-refractivity contribution >= 4 is 0 Å². The van der Waals surface area contributed by atoms with Crippen LogP contribution in [0.4, 0.5) is 4.39 Å². The van der Waals surface area contributed by atoms with Gasteiger partial charge in [-0.3, -0.25) is 0 Å². The number of halogens is 1. The van der Waals surface area contributed by atoms with Crippen LogP contribution in [0.3, 0.4) is 0 Å². The normalized spacial score (nSPS) is 27.6. The van der Waals surface area contributed by atoms with Crippen LogP contribution in [-0.4, -0.2) is 17.8 Å². The van der Waals surface area contributed by atoms with Crippen LogP contribution < -0.4 is 5.32 Å². The van der Waals surface area contributed by atoms with Crippen molar-refractivity contribution in [1.29, 1.82) is 0 Å². The minimum Gasteiger partial charge on any atom is -0.391 e. The highest BCUT2D eigenvalue weighted by Gasteiger charge is 2.23. The summed E-state index contributed by atoms with van der Waals surface area (Å²) in [6.07, 6.45) is 1.37. The Kier molecular flexibility index (Phi) is 2.79. The molecule has 1 aromatic rings. The molecule has 1 saturated heterocycles. The van der Waals surface area contributed by atoms with Gasteiger partial charge in [-0.1, -0.05) is 12.1 Å². The van der Waals surface area contributed by atoms with Gasteiger partial charge in [-0.25, -0.2) is 4.39 Å². The van der Waals surface area contributed by atoms with Gasteiger partial charge in [0.25, 0.3) is 0 Å². The second kappa shape index (κ2) is 4.07. The Bertz CT molecular complexity index is 316. The van der Waals surface area contributed by atoms with Crippen molar-refractivity contribution in [2.45, 2.75) is 25.0 Å². The number of piperidine rings is 1. The molecule has 3 heteroatoms. The van der Waals surface area contributed by atoms with Crippen molar-refractivity contribution in [3.8, 4) is 0 Å². The summed E-state index contributed by atoms with van der Waals surface area (Å²) in [5, 5.41) is 12.9. The van der Waals surface area contributed by atoms with Gasteiger partial charge in [0, 0.05) is 0 Å². The Morgan fingerprint density at radius 1 is 1.43 bits per heavy atom. The highest BCUT2D eigenvalue weighted by Crippen LogP contribution is 2.23. The number of aliphatic hydroxyl groups is 1. The number of hydrogen-bond acceptors (Lipinski definition) is 2. The smallest absolute Gasteiger partial charge is 0.123 e. The highest BCUT2D eigenvalue weighted by molar-refractivity contribution is 5.21. The predicted octanol–water partition coefficient (Wildman–Crippen LogP) is 1.61. The van der Waals surface area contributed by atoms with E-state index in [1.807, 2.05) is 6.07 Å². The fourth-order valence-electron chi connectivity index (χ4n) is 1.91. The van der Waals surface area contributed by atoms with Crippen LogP contribution >= 0.6 is 0 Å². The first kappa shape index (κ1) is 9.62. The lowest BCUT2D eigenvalue weighted by Crippen LogP contribution is -2.37. The minimum atomic E-state index is -0.398. The molecule has 2 N–H and O–H groups in total. The van der Waals surface area contributed by atoms with Crippen molar-refractivity contribution in [3.05, 3.63) is 35.6 Å². The summed E-state index contributed by atoms with van der Waals surface area (Å²) in [7, 11) is 0.